The molecule has 0 unspecified atom stereocenters. The molecule has 0 aliphatic heterocycles. The molecule has 26 heteroatoms. The van der Waals surface area contributed by atoms with Crippen molar-refractivity contribution < 1.29 is 109 Å². The fourth-order valence-corrected chi connectivity index (χ4v) is 7.67. The first-order valence-electron chi connectivity index (χ1n) is 32.0. The van der Waals surface area contributed by atoms with Crippen LogP contribution < -0.4 is 16.0 Å². The van der Waals surface area contributed by atoms with Crippen molar-refractivity contribution in [3.63, 3.8) is 0 Å². The van der Waals surface area contributed by atoms with Gasteiger partial charge in [0, 0.05) is 35.5 Å². The van der Waals surface area contributed by atoms with Crippen molar-refractivity contribution >= 4 is 35.3 Å². The summed E-state index contributed by atoms with van der Waals surface area (Å²) in [5.74, 6) is -1.91. The number of ether oxygens (including phenoxy) is 18. The molecule has 0 aliphatic rings. The van der Waals surface area contributed by atoms with E-state index in [9.17, 15) is 24.0 Å². The van der Waals surface area contributed by atoms with Gasteiger partial charge >= 0.3 is 11.9 Å². The van der Waals surface area contributed by atoms with Crippen molar-refractivity contribution in [1.29, 1.82) is 0 Å². The number of amides is 3. The van der Waals surface area contributed by atoms with Gasteiger partial charge in [0.2, 0.25) is 0 Å². The van der Waals surface area contributed by atoms with E-state index >= 15 is 0 Å². The van der Waals surface area contributed by atoms with E-state index in [4.69, 9.17) is 85.3 Å². The number of benzene rings is 3. The minimum absolute atomic E-state index is 0.164. The summed E-state index contributed by atoms with van der Waals surface area (Å²) in [4.78, 5) is 63.6. The quantitative estimate of drug-likeness (QED) is 0.0445. The molecule has 0 saturated heterocycles. The minimum atomic E-state index is -0.502. The van der Waals surface area contributed by atoms with Crippen LogP contribution in [0, 0.1) is 0 Å². The number of hydrogen-bond acceptors (Lipinski definition) is 23. The molecule has 0 heterocycles. The van der Waals surface area contributed by atoms with E-state index < -0.39 is 28.9 Å². The Kier molecular flexibility index (Phi) is 47.0. The molecule has 0 aliphatic carbocycles. The van der Waals surface area contributed by atoms with Gasteiger partial charge in [-0.3, -0.25) is 24.0 Å². The maximum absolute atomic E-state index is 13.4. The molecule has 0 fully saturated rings. The number of esters is 2. The van der Waals surface area contributed by atoms with Gasteiger partial charge in [0.05, 0.1) is 224 Å². The molecular weight excluding hydrogens is 1210 g/mol. The summed E-state index contributed by atoms with van der Waals surface area (Å²) in [6.07, 6.45) is 0.410. The van der Waals surface area contributed by atoms with Gasteiger partial charge in [0.15, 0.2) is 0 Å². The number of carbonyl (C=O) groups is 5. The third-order valence-electron chi connectivity index (χ3n) is 12.0. The Morgan fingerprint density at radius 3 is 0.828 bits per heavy atom. The Morgan fingerprint density at radius 1 is 0.290 bits per heavy atom. The fraction of sp³-hybridized carbons (Fsp3) is 0.657. The zero-order chi connectivity index (χ0) is 67.1. The summed E-state index contributed by atoms with van der Waals surface area (Å²) >= 11 is 0. The van der Waals surface area contributed by atoms with Crippen molar-refractivity contribution in [1.82, 2.24) is 10.6 Å². The molecule has 3 rings (SSSR count). The average Bonchev–Trinajstić information content (AvgIpc) is 0.918. The van der Waals surface area contributed by atoms with E-state index in [-0.39, 0.29) is 81.1 Å². The van der Waals surface area contributed by atoms with Gasteiger partial charge in [-0.1, -0.05) is 42.5 Å². The van der Waals surface area contributed by atoms with Gasteiger partial charge in [-0.15, -0.1) is 0 Å². The molecule has 0 atom stereocenters. The Balaban J connectivity index is 1.19. The Hall–Kier alpha value is -5.63. The molecule has 3 N–H and O–H groups in total. The molecule has 3 aromatic rings. The largest absolute Gasteiger partial charge is 0.460 e. The van der Waals surface area contributed by atoms with Gasteiger partial charge in [-0.25, -0.2) is 0 Å². The van der Waals surface area contributed by atoms with E-state index in [0.29, 0.717) is 191 Å². The van der Waals surface area contributed by atoms with Gasteiger partial charge < -0.3 is 101 Å². The molecule has 0 radical (unpaired) electrons. The average molecular weight is 1320 g/mol. The molecule has 3 aromatic carbocycles. The molecule has 0 spiro atoms. The van der Waals surface area contributed by atoms with Crippen LogP contribution in [-0.4, -0.2) is 265 Å². The van der Waals surface area contributed by atoms with Gasteiger partial charge in [0.1, 0.15) is 11.2 Å². The lowest BCUT2D eigenvalue weighted by Gasteiger charge is -2.19. The smallest absolute Gasteiger partial charge is 0.308 e. The fourth-order valence-electron chi connectivity index (χ4n) is 7.67. The maximum atomic E-state index is 13.4. The standard InChI is InChI=1S/C67H105N3O23/c1-66(2,3)92-61(71)16-20-76-24-28-80-32-36-84-40-44-88-48-50-90-46-42-86-38-34-82-30-26-78-22-18-68-63(73)58-52-59(54-60(53-58)70-65(75)57-14-12-56(13-15-57)55-10-8-7-9-11-55)64(74)69-19-23-79-27-31-83-35-39-87-43-47-91-51-49-89-45-41-85-37-33-81-29-25-77-21-17-62(72)93-67(4,5)6/h7-15,52-54H,16-51H2,1-6H3,(H,68,73)(H,69,74)(H,70,75). The first-order valence-corrected chi connectivity index (χ1v) is 32.0. The number of rotatable bonds is 59. The minimum Gasteiger partial charge on any atom is -0.460 e. The summed E-state index contributed by atoms with van der Waals surface area (Å²) in [5, 5.41) is 8.48. The topological polar surface area (TPSA) is 288 Å². The Labute approximate surface area is 549 Å². The molecule has 526 valence electrons. The maximum Gasteiger partial charge on any atom is 0.308 e. The van der Waals surface area contributed by atoms with Crippen LogP contribution >= 0.6 is 0 Å². The highest BCUT2D eigenvalue weighted by Gasteiger charge is 2.18. The highest BCUT2D eigenvalue weighted by Crippen LogP contribution is 2.21. The number of hydrogen-bond donors (Lipinski definition) is 3. The lowest BCUT2D eigenvalue weighted by Crippen LogP contribution is -2.30. The normalized spacial score (nSPS) is 11.6. The summed E-state index contributed by atoms with van der Waals surface area (Å²) in [7, 11) is 0. The summed E-state index contributed by atoms with van der Waals surface area (Å²) in [6, 6.07) is 21.4. The molecule has 0 bridgehead atoms. The van der Waals surface area contributed by atoms with E-state index in [2.05, 4.69) is 16.0 Å². The lowest BCUT2D eigenvalue weighted by atomic mass is 10.0. The number of anilines is 1. The highest BCUT2D eigenvalue weighted by molar-refractivity contribution is 6.07. The first kappa shape index (κ1) is 81.6. The Morgan fingerprint density at radius 2 is 0.548 bits per heavy atom. The van der Waals surface area contributed by atoms with E-state index in [1.165, 1.54) is 18.2 Å². The summed E-state index contributed by atoms with van der Waals surface area (Å²) in [5.41, 5.74) is 1.94. The van der Waals surface area contributed by atoms with E-state index in [1.54, 1.807) is 12.1 Å². The Bertz CT molecular complexity index is 2280. The monoisotopic (exact) mass is 1320 g/mol. The summed E-state index contributed by atoms with van der Waals surface area (Å²) in [6.45, 7) is 23.5. The van der Waals surface area contributed by atoms with Crippen LogP contribution in [0.5, 0.6) is 0 Å². The van der Waals surface area contributed by atoms with Gasteiger partial charge in [-0.05, 0) is 83.0 Å². The zero-order valence-corrected chi connectivity index (χ0v) is 55.8. The highest BCUT2D eigenvalue weighted by atomic mass is 16.6. The van der Waals surface area contributed by atoms with Crippen LogP contribution in [-0.2, 0) is 94.9 Å². The molecular formula is C67H105N3O23. The number of nitrogens with one attached hydrogen (secondary N) is 3. The predicted molar refractivity (Wildman–Crippen MR) is 345 cm³/mol. The van der Waals surface area contributed by atoms with E-state index in [1.807, 2.05) is 84.0 Å². The van der Waals surface area contributed by atoms with Crippen LogP contribution in [0.4, 0.5) is 5.69 Å². The second-order valence-electron chi connectivity index (χ2n) is 22.2. The molecule has 0 aromatic heterocycles. The third-order valence-corrected chi connectivity index (χ3v) is 12.0. The van der Waals surface area contributed by atoms with Crippen LogP contribution in [0.2, 0.25) is 0 Å². The van der Waals surface area contributed by atoms with E-state index in [0.717, 1.165) is 11.1 Å². The van der Waals surface area contributed by atoms with Gasteiger partial charge in [-0.2, -0.15) is 0 Å². The number of carbonyl (C=O) groups excluding carboxylic acids is 5. The van der Waals surface area contributed by atoms with Gasteiger partial charge in [0.25, 0.3) is 17.7 Å². The lowest BCUT2D eigenvalue weighted by molar-refractivity contribution is -0.157. The molecule has 3 amide bonds. The SMILES string of the molecule is CC(C)(C)OC(=O)CCOCCOCCOCCOCCOCCOCCOCCOCCNC(=O)c1cc(NC(=O)c2ccc(-c3ccccc3)cc2)cc(C(=O)NCCOCCOCCOCCOCCOCCOCCOCCOCCC(=O)OC(C)(C)C)c1. The zero-order valence-electron chi connectivity index (χ0n) is 55.8. The van der Waals surface area contributed by atoms with Crippen molar-refractivity contribution in [2.45, 2.75) is 65.6 Å². The van der Waals surface area contributed by atoms with Crippen LogP contribution in [0.1, 0.15) is 85.5 Å². The summed E-state index contributed by atoms with van der Waals surface area (Å²) < 4.78 is 98.8. The molecule has 26 nitrogen and oxygen atoms in total. The third kappa shape index (κ3) is 47.0. The van der Waals surface area contributed by atoms with Crippen molar-refractivity contribution in [2.24, 2.45) is 0 Å². The van der Waals surface area contributed by atoms with Crippen LogP contribution in [0.25, 0.3) is 11.1 Å². The van der Waals surface area contributed by atoms with Crippen molar-refractivity contribution in [3.8, 4) is 11.1 Å². The second-order valence-corrected chi connectivity index (χ2v) is 22.2. The van der Waals surface area contributed by atoms with Crippen molar-refractivity contribution in [2.75, 3.05) is 230 Å². The van der Waals surface area contributed by atoms with Crippen molar-refractivity contribution in [3.05, 3.63) is 89.5 Å². The van der Waals surface area contributed by atoms with Crippen LogP contribution in [0.3, 0.4) is 0 Å². The predicted octanol–water partition coefficient (Wildman–Crippen LogP) is 5.79. The first-order chi connectivity index (χ1) is 45.1. The second kappa shape index (κ2) is 53.6. The molecule has 93 heavy (non-hydrogen) atoms. The molecule has 0 saturated carbocycles. The van der Waals surface area contributed by atoms with Crippen LogP contribution in [0.15, 0.2) is 72.8 Å².